The number of rotatable bonds is 9. The maximum atomic E-state index is 11.9. The van der Waals surface area contributed by atoms with Crippen LogP contribution in [0.3, 0.4) is 0 Å². The van der Waals surface area contributed by atoms with Gasteiger partial charge in [0.1, 0.15) is 5.75 Å². The number of aldehydes is 1. The summed E-state index contributed by atoms with van der Waals surface area (Å²) in [6.45, 7) is 11.4. The van der Waals surface area contributed by atoms with Crippen molar-refractivity contribution in [3.05, 3.63) is 35.4 Å². The number of carbonyl (C=O) groups is 1. The van der Waals surface area contributed by atoms with E-state index in [0.29, 0.717) is 40.7 Å². The van der Waals surface area contributed by atoms with Crippen molar-refractivity contribution in [3.8, 4) is 34.1 Å². The molecule has 0 aliphatic carbocycles. The minimum Gasteiger partial charge on any atom is -0.497 e. The van der Waals surface area contributed by atoms with Gasteiger partial charge in [0.25, 0.3) is 0 Å². The topological polar surface area (TPSA) is 63.2 Å². The normalized spacial score (nSPS) is 11.8. The molecule has 0 amide bonds. The van der Waals surface area contributed by atoms with Crippen molar-refractivity contribution >= 4 is 14.6 Å². The van der Waals surface area contributed by atoms with Crippen molar-refractivity contribution in [2.75, 3.05) is 28.4 Å². The Morgan fingerprint density at radius 2 is 1.55 bits per heavy atom. The van der Waals surface area contributed by atoms with E-state index in [1.807, 2.05) is 18.2 Å². The molecule has 0 atom stereocenters. The molecule has 7 heteroatoms. The molecule has 0 radical (unpaired) electrons. The van der Waals surface area contributed by atoms with Crippen molar-refractivity contribution in [2.45, 2.75) is 45.5 Å². The van der Waals surface area contributed by atoms with Crippen LogP contribution in [-0.4, -0.2) is 43.0 Å². The third kappa shape index (κ3) is 5.05. The highest BCUT2D eigenvalue weighted by molar-refractivity contribution is 6.74. The highest BCUT2D eigenvalue weighted by atomic mass is 28.4. The van der Waals surface area contributed by atoms with Crippen LogP contribution in [0.4, 0.5) is 0 Å². The van der Waals surface area contributed by atoms with Gasteiger partial charge in [0, 0.05) is 11.1 Å². The maximum absolute atomic E-state index is 11.9. The molecule has 0 saturated heterocycles. The molecule has 6 nitrogen and oxygen atoms in total. The molecule has 0 saturated carbocycles. The van der Waals surface area contributed by atoms with Crippen molar-refractivity contribution in [2.24, 2.45) is 0 Å². The number of methoxy groups -OCH3 is 4. The van der Waals surface area contributed by atoms with Crippen molar-refractivity contribution in [1.82, 2.24) is 0 Å². The highest BCUT2D eigenvalue weighted by Gasteiger charge is 2.37. The van der Waals surface area contributed by atoms with Gasteiger partial charge in [0.15, 0.2) is 26.1 Å². The Balaban J connectivity index is 2.77. The standard InChI is InChI=1S/C24H34O6Si/c1-24(2,3)31(8,9)30-15-17-13-20(27-5)22(28-6)23(29-7)21(17)19-11-10-18(26-4)12-16(19)14-25/h10-14H,15H2,1-9H3. The second-order valence-corrected chi connectivity index (χ2v) is 13.6. The quantitative estimate of drug-likeness (QED) is 0.362. The van der Waals surface area contributed by atoms with E-state index in [2.05, 4.69) is 33.9 Å². The van der Waals surface area contributed by atoms with Crippen LogP contribution in [0, 0.1) is 0 Å². The first-order valence-electron chi connectivity index (χ1n) is 10.1. The largest absolute Gasteiger partial charge is 0.497 e. The molecule has 0 heterocycles. The van der Waals surface area contributed by atoms with Gasteiger partial charge in [-0.3, -0.25) is 4.79 Å². The Morgan fingerprint density at radius 3 is 2.03 bits per heavy atom. The number of carbonyl (C=O) groups excluding carboxylic acids is 1. The molecule has 0 fully saturated rings. The van der Waals surface area contributed by atoms with Gasteiger partial charge in [-0.2, -0.15) is 0 Å². The summed E-state index contributed by atoms with van der Waals surface area (Å²) in [6, 6.07) is 7.26. The molecular weight excluding hydrogens is 412 g/mol. The average Bonchev–Trinajstić information content (AvgIpc) is 2.75. The monoisotopic (exact) mass is 446 g/mol. The van der Waals surface area contributed by atoms with Crippen LogP contribution >= 0.6 is 0 Å². The van der Waals surface area contributed by atoms with Gasteiger partial charge in [-0.05, 0) is 53.5 Å². The lowest BCUT2D eigenvalue weighted by atomic mass is 9.94. The van der Waals surface area contributed by atoms with Crippen LogP contribution in [0.1, 0.15) is 36.7 Å². The summed E-state index contributed by atoms with van der Waals surface area (Å²) in [7, 11) is 4.26. The zero-order valence-corrected chi connectivity index (χ0v) is 21.0. The minimum absolute atomic E-state index is 0.0574. The van der Waals surface area contributed by atoms with Crippen LogP contribution in [0.5, 0.6) is 23.0 Å². The fourth-order valence-corrected chi connectivity index (χ4v) is 4.03. The van der Waals surface area contributed by atoms with E-state index < -0.39 is 8.32 Å². The lowest BCUT2D eigenvalue weighted by Gasteiger charge is -2.36. The smallest absolute Gasteiger partial charge is 0.203 e. The Labute approximate surface area is 186 Å². The number of hydrogen-bond acceptors (Lipinski definition) is 6. The summed E-state index contributed by atoms with van der Waals surface area (Å²) < 4.78 is 28.7. The van der Waals surface area contributed by atoms with E-state index >= 15 is 0 Å². The molecule has 2 rings (SSSR count). The summed E-state index contributed by atoms with van der Waals surface area (Å²) in [6.07, 6.45) is 0.812. The van der Waals surface area contributed by atoms with Crippen LogP contribution in [0.2, 0.25) is 18.1 Å². The van der Waals surface area contributed by atoms with Crippen LogP contribution in [-0.2, 0) is 11.0 Å². The van der Waals surface area contributed by atoms with Gasteiger partial charge >= 0.3 is 0 Å². The number of ether oxygens (including phenoxy) is 4. The molecule has 0 aliphatic rings. The average molecular weight is 447 g/mol. The molecule has 0 spiro atoms. The highest BCUT2D eigenvalue weighted by Crippen LogP contribution is 2.48. The van der Waals surface area contributed by atoms with Gasteiger partial charge in [-0.15, -0.1) is 0 Å². The zero-order valence-electron chi connectivity index (χ0n) is 20.0. The van der Waals surface area contributed by atoms with Gasteiger partial charge in [0.05, 0.1) is 35.0 Å². The summed E-state index contributed by atoms with van der Waals surface area (Å²) in [5, 5.41) is 0.0574. The van der Waals surface area contributed by atoms with E-state index in [0.717, 1.165) is 17.4 Å². The molecule has 0 bridgehead atoms. The van der Waals surface area contributed by atoms with Crippen LogP contribution in [0.25, 0.3) is 11.1 Å². The Bertz CT molecular complexity index is 931. The summed E-state index contributed by atoms with van der Waals surface area (Å²) >= 11 is 0. The summed E-state index contributed by atoms with van der Waals surface area (Å²) in [4.78, 5) is 11.9. The van der Waals surface area contributed by atoms with Crippen LogP contribution < -0.4 is 18.9 Å². The van der Waals surface area contributed by atoms with E-state index in [9.17, 15) is 4.79 Å². The summed E-state index contributed by atoms with van der Waals surface area (Å²) in [5.41, 5.74) is 2.79. The first-order valence-corrected chi connectivity index (χ1v) is 13.0. The third-order valence-corrected chi connectivity index (χ3v) is 10.4. The van der Waals surface area contributed by atoms with Crippen molar-refractivity contribution in [3.63, 3.8) is 0 Å². The second kappa shape index (κ2) is 9.74. The second-order valence-electron chi connectivity index (χ2n) is 8.80. The van der Waals surface area contributed by atoms with E-state index in [4.69, 9.17) is 23.4 Å². The number of hydrogen-bond donors (Lipinski definition) is 0. The Morgan fingerprint density at radius 1 is 0.903 bits per heavy atom. The van der Waals surface area contributed by atoms with E-state index in [-0.39, 0.29) is 5.04 Å². The zero-order chi connectivity index (χ0) is 23.4. The molecule has 2 aromatic rings. The van der Waals surface area contributed by atoms with Gasteiger partial charge < -0.3 is 23.4 Å². The lowest BCUT2D eigenvalue weighted by Crippen LogP contribution is -2.40. The first-order chi connectivity index (χ1) is 14.5. The predicted octanol–water partition coefficient (Wildman–Crippen LogP) is 5.72. The molecule has 0 aliphatic heterocycles. The first kappa shape index (κ1) is 24.8. The van der Waals surface area contributed by atoms with E-state index in [1.54, 1.807) is 34.5 Å². The molecule has 0 N–H and O–H groups in total. The maximum Gasteiger partial charge on any atom is 0.203 e. The van der Waals surface area contributed by atoms with Crippen molar-refractivity contribution < 1.29 is 28.2 Å². The molecule has 2 aromatic carbocycles. The Kier molecular flexibility index (Phi) is 7.78. The fourth-order valence-electron chi connectivity index (χ4n) is 3.08. The molecule has 0 unspecified atom stereocenters. The number of benzene rings is 2. The van der Waals surface area contributed by atoms with Gasteiger partial charge in [0.2, 0.25) is 5.75 Å². The van der Waals surface area contributed by atoms with Crippen molar-refractivity contribution in [1.29, 1.82) is 0 Å². The van der Waals surface area contributed by atoms with E-state index in [1.165, 1.54) is 0 Å². The molecule has 0 aromatic heterocycles. The third-order valence-electron chi connectivity index (χ3n) is 5.96. The fraction of sp³-hybridized carbons (Fsp3) is 0.458. The minimum atomic E-state index is -2.03. The van der Waals surface area contributed by atoms with Crippen LogP contribution in [0.15, 0.2) is 24.3 Å². The lowest BCUT2D eigenvalue weighted by molar-refractivity contribution is 0.112. The Hall–Kier alpha value is -2.51. The molecule has 170 valence electrons. The molecule has 31 heavy (non-hydrogen) atoms. The van der Waals surface area contributed by atoms with Gasteiger partial charge in [-0.1, -0.05) is 20.8 Å². The van der Waals surface area contributed by atoms with Gasteiger partial charge in [-0.25, -0.2) is 0 Å². The predicted molar refractivity (Wildman–Crippen MR) is 125 cm³/mol. The molecular formula is C24H34O6Si. The SMILES string of the molecule is COc1ccc(-c2c(CO[Si](C)(C)C(C)(C)C)cc(OC)c(OC)c2OC)c(C=O)c1. The summed E-state index contributed by atoms with van der Waals surface area (Å²) in [5.74, 6) is 2.09.